The number of aromatic amines is 1. The van der Waals surface area contributed by atoms with Crippen LogP contribution in [-0.2, 0) is 0 Å². The van der Waals surface area contributed by atoms with E-state index in [1.165, 1.54) is 18.0 Å². The van der Waals surface area contributed by atoms with Crippen LogP contribution in [0.25, 0.3) is 11.0 Å². The number of aromatic nitrogens is 2. The predicted molar refractivity (Wildman–Crippen MR) is 86.7 cm³/mol. The third-order valence-corrected chi connectivity index (χ3v) is 3.68. The van der Waals surface area contributed by atoms with Gasteiger partial charge < -0.3 is 14.1 Å². The molecule has 0 aliphatic carbocycles. The Morgan fingerprint density at radius 2 is 2.29 bits per heavy atom. The molecule has 0 saturated carbocycles. The average Bonchev–Trinajstić information content (AvgIpc) is 3.12. The second-order valence-corrected chi connectivity index (χ2v) is 5.08. The van der Waals surface area contributed by atoms with Crippen LogP contribution in [-0.4, -0.2) is 28.6 Å². The first-order valence-electron chi connectivity index (χ1n) is 5.99. The number of carbonyl (C=O) groups is 1. The second-order valence-electron chi connectivity index (χ2n) is 4.11. The van der Waals surface area contributed by atoms with Crippen molar-refractivity contribution in [2.45, 2.75) is 5.16 Å². The molecule has 2 heterocycles. The zero-order valence-electron chi connectivity index (χ0n) is 11.2. The van der Waals surface area contributed by atoms with Crippen LogP contribution in [0.2, 0.25) is 0 Å². The van der Waals surface area contributed by atoms with Gasteiger partial charge in [0.2, 0.25) is 5.78 Å². The van der Waals surface area contributed by atoms with E-state index in [2.05, 4.69) is 9.97 Å². The average molecular weight is 369 g/mol. The summed E-state index contributed by atoms with van der Waals surface area (Å²) in [6.45, 7) is 0. The number of Topliss-reactive ketones (excluding diaryl/α,β-unsaturated/α-hetero) is 1. The lowest BCUT2D eigenvalue weighted by Crippen LogP contribution is -2.00. The fourth-order valence-corrected chi connectivity index (χ4v) is 2.56. The summed E-state index contributed by atoms with van der Waals surface area (Å²) in [5.74, 6) is 1.36. The summed E-state index contributed by atoms with van der Waals surface area (Å²) >= 11 is 1.35. The molecule has 5 nitrogen and oxygen atoms in total. The molecule has 0 spiro atoms. The van der Waals surface area contributed by atoms with Gasteiger partial charge >= 0.3 is 0 Å². The highest BCUT2D eigenvalue weighted by Gasteiger charge is 2.11. The first kappa shape index (κ1) is 15.7. The standard InChI is InChI=1S/C14H12N2O3S.BrH/c1-18-9-4-5-10-11(7-9)16-14(15-10)20-8-12(17)13-3-2-6-19-13;/h2-7H,8H2,1H3,(H,15,16);1H. The maximum absolute atomic E-state index is 11.8. The van der Waals surface area contributed by atoms with Crippen molar-refractivity contribution >= 4 is 45.6 Å². The third kappa shape index (κ3) is 3.48. The SMILES string of the molecule is Br.COc1ccc2nc(SCC(=O)c3ccco3)[nH]c2c1. The minimum Gasteiger partial charge on any atom is -0.497 e. The van der Waals surface area contributed by atoms with E-state index >= 15 is 0 Å². The molecule has 0 saturated heterocycles. The van der Waals surface area contributed by atoms with Crippen LogP contribution in [0.15, 0.2) is 46.2 Å². The first-order valence-corrected chi connectivity index (χ1v) is 6.98. The molecule has 110 valence electrons. The molecule has 1 N–H and O–H groups in total. The molecule has 0 radical (unpaired) electrons. The van der Waals surface area contributed by atoms with Gasteiger partial charge in [-0.25, -0.2) is 4.98 Å². The van der Waals surface area contributed by atoms with Crippen LogP contribution in [0, 0.1) is 0 Å². The Kier molecular flexibility index (Phi) is 5.08. The lowest BCUT2D eigenvalue weighted by atomic mass is 10.3. The lowest BCUT2D eigenvalue weighted by Gasteiger charge is -1.96. The van der Waals surface area contributed by atoms with Gasteiger partial charge in [-0.3, -0.25) is 4.79 Å². The molecular weight excluding hydrogens is 356 g/mol. The molecule has 0 aliphatic rings. The number of methoxy groups -OCH3 is 1. The number of furan rings is 1. The van der Waals surface area contributed by atoms with Crippen LogP contribution < -0.4 is 4.74 Å². The molecule has 21 heavy (non-hydrogen) atoms. The zero-order valence-corrected chi connectivity index (χ0v) is 13.7. The quantitative estimate of drug-likeness (QED) is 0.549. The number of thioether (sulfide) groups is 1. The number of H-pyrrole nitrogens is 1. The van der Waals surface area contributed by atoms with Crippen molar-refractivity contribution in [3.63, 3.8) is 0 Å². The van der Waals surface area contributed by atoms with Gasteiger partial charge in [0.15, 0.2) is 10.9 Å². The van der Waals surface area contributed by atoms with E-state index in [1.807, 2.05) is 18.2 Å². The topological polar surface area (TPSA) is 68.1 Å². The molecule has 7 heteroatoms. The molecule has 0 unspecified atom stereocenters. The molecule has 0 atom stereocenters. The summed E-state index contributed by atoms with van der Waals surface area (Å²) in [5, 5.41) is 0.702. The summed E-state index contributed by atoms with van der Waals surface area (Å²) in [7, 11) is 1.62. The van der Waals surface area contributed by atoms with Crippen molar-refractivity contribution in [1.29, 1.82) is 0 Å². The van der Waals surface area contributed by atoms with Crippen molar-refractivity contribution in [3.8, 4) is 5.75 Å². The molecule has 0 bridgehead atoms. The Morgan fingerprint density at radius 1 is 1.43 bits per heavy atom. The number of fused-ring (bicyclic) bond motifs is 1. The number of hydrogen-bond acceptors (Lipinski definition) is 5. The molecule has 0 aliphatic heterocycles. The number of benzene rings is 1. The number of nitrogens with one attached hydrogen (secondary N) is 1. The molecule has 3 aromatic rings. The molecule has 1 aromatic carbocycles. The first-order chi connectivity index (χ1) is 9.76. The highest BCUT2D eigenvalue weighted by molar-refractivity contribution is 8.93. The van der Waals surface area contributed by atoms with Crippen molar-refractivity contribution in [3.05, 3.63) is 42.4 Å². The van der Waals surface area contributed by atoms with Crippen LogP contribution in [0.5, 0.6) is 5.75 Å². The van der Waals surface area contributed by atoms with E-state index in [4.69, 9.17) is 9.15 Å². The highest BCUT2D eigenvalue weighted by atomic mass is 79.9. The van der Waals surface area contributed by atoms with E-state index in [0.717, 1.165) is 16.8 Å². The highest BCUT2D eigenvalue weighted by Crippen LogP contribution is 2.23. The van der Waals surface area contributed by atoms with Gasteiger partial charge in [0.05, 0.1) is 30.2 Å². The van der Waals surface area contributed by atoms with Crippen LogP contribution in [0.4, 0.5) is 0 Å². The van der Waals surface area contributed by atoms with Crippen molar-refractivity contribution < 1.29 is 13.9 Å². The Bertz CT molecular complexity index is 740. The Balaban J connectivity index is 0.00000161. The number of hydrogen-bond donors (Lipinski definition) is 1. The fraction of sp³-hybridized carbons (Fsp3) is 0.143. The van der Waals surface area contributed by atoms with E-state index in [1.54, 1.807) is 19.2 Å². The largest absolute Gasteiger partial charge is 0.497 e. The predicted octanol–water partition coefficient (Wildman–Crippen LogP) is 3.72. The van der Waals surface area contributed by atoms with Crippen LogP contribution in [0.1, 0.15) is 10.6 Å². The Labute approximate surface area is 135 Å². The summed E-state index contributed by atoms with van der Waals surface area (Å²) in [4.78, 5) is 19.4. The number of rotatable bonds is 5. The van der Waals surface area contributed by atoms with Gasteiger partial charge in [-0.1, -0.05) is 11.8 Å². The van der Waals surface area contributed by atoms with Gasteiger partial charge in [-0.05, 0) is 24.3 Å². The number of carbonyl (C=O) groups excluding carboxylic acids is 1. The van der Waals surface area contributed by atoms with Gasteiger partial charge in [0, 0.05) is 6.07 Å². The number of imidazole rings is 1. The van der Waals surface area contributed by atoms with E-state index in [9.17, 15) is 4.79 Å². The third-order valence-electron chi connectivity index (χ3n) is 2.80. The molecular formula is C14H13BrN2O3S. The number of halogens is 1. The summed E-state index contributed by atoms with van der Waals surface area (Å²) in [6.07, 6.45) is 1.49. The Hall–Kier alpha value is -1.73. The normalized spacial score (nSPS) is 10.3. The van der Waals surface area contributed by atoms with Crippen molar-refractivity contribution in [2.24, 2.45) is 0 Å². The van der Waals surface area contributed by atoms with Crippen molar-refractivity contribution in [2.75, 3.05) is 12.9 Å². The number of ketones is 1. The van der Waals surface area contributed by atoms with E-state index in [-0.39, 0.29) is 28.5 Å². The van der Waals surface area contributed by atoms with Crippen molar-refractivity contribution in [1.82, 2.24) is 9.97 Å². The second kappa shape index (κ2) is 6.82. The van der Waals surface area contributed by atoms with Crippen LogP contribution in [0.3, 0.4) is 0 Å². The molecule has 0 amide bonds. The van der Waals surface area contributed by atoms with Gasteiger partial charge in [-0.15, -0.1) is 17.0 Å². The van der Waals surface area contributed by atoms with Crippen LogP contribution >= 0.6 is 28.7 Å². The molecule has 2 aromatic heterocycles. The summed E-state index contributed by atoms with van der Waals surface area (Å²) in [6, 6.07) is 8.97. The van der Waals surface area contributed by atoms with Gasteiger partial charge in [0.25, 0.3) is 0 Å². The molecule has 3 rings (SSSR count). The van der Waals surface area contributed by atoms with E-state index in [0.29, 0.717) is 10.9 Å². The fourth-order valence-electron chi connectivity index (χ4n) is 1.80. The van der Waals surface area contributed by atoms with Gasteiger partial charge in [0.1, 0.15) is 5.75 Å². The monoisotopic (exact) mass is 368 g/mol. The minimum absolute atomic E-state index is 0. The smallest absolute Gasteiger partial charge is 0.208 e. The number of ether oxygens (including phenoxy) is 1. The van der Waals surface area contributed by atoms with E-state index < -0.39 is 0 Å². The summed E-state index contributed by atoms with van der Waals surface area (Å²) in [5.41, 5.74) is 1.73. The Morgan fingerprint density at radius 3 is 3.00 bits per heavy atom. The zero-order chi connectivity index (χ0) is 13.9. The number of nitrogens with zero attached hydrogens (tertiary/aromatic N) is 1. The van der Waals surface area contributed by atoms with Gasteiger partial charge in [-0.2, -0.15) is 0 Å². The molecule has 0 fully saturated rings. The maximum atomic E-state index is 11.8. The minimum atomic E-state index is -0.0574. The maximum Gasteiger partial charge on any atom is 0.208 e. The lowest BCUT2D eigenvalue weighted by molar-refractivity contribution is 0.0992. The summed E-state index contributed by atoms with van der Waals surface area (Å²) < 4.78 is 10.2.